The van der Waals surface area contributed by atoms with E-state index in [2.05, 4.69) is 5.10 Å². The molecular formula is C22H14F3N3O6S. The fraction of sp³-hybridized carbons (Fsp3) is 0.0455. The van der Waals surface area contributed by atoms with Gasteiger partial charge in [0, 0.05) is 5.56 Å². The molecule has 0 radical (unpaired) electrons. The Balaban J connectivity index is 1.67. The minimum atomic E-state index is -4.97. The van der Waals surface area contributed by atoms with E-state index >= 15 is 0 Å². The summed E-state index contributed by atoms with van der Waals surface area (Å²) in [6.45, 7) is 0. The summed E-state index contributed by atoms with van der Waals surface area (Å²) in [5.74, 6) is -2.07. The predicted octanol–water partition coefficient (Wildman–Crippen LogP) is 3.64. The van der Waals surface area contributed by atoms with E-state index in [0.717, 1.165) is 30.3 Å². The zero-order valence-electron chi connectivity index (χ0n) is 17.4. The molecule has 0 saturated carbocycles. The Hall–Kier alpha value is -4.23. The van der Waals surface area contributed by atoms with Crippen LogP contribution in [0.3, 0.4) is 0 Å². The number of alkyl halides is 3. The van der Waals surface area contributed by atoms with Gasteiger partial charge >= 0.3 is 12.1 Å². The highest BCUT2D eigenvalue weighted by molar-refractivity contribution is 7.89. The van der Waals surface area contributed by atoms with Crippen molar-refractivity contribution in [3.8, 4) is 11.3 Å². The molecule has 0 saturated heterocycles. The number of carbonyl (C=O) groups excluding carboxylic acids is 1. The van der Waals surface area contributed by atoms with E-state index in [-0.39, 0.29) is 27.7 Å². The van der Waals surface area contributed by atoms with E-state index in [1.54, 1.807) is 0 Å². The zero-order valence-corrected chi connectivity index (χ0v) is 18.2. The molecule has 0 aliphatic carbocycles. The van der Waals surface area contributed by atoms with Crippen molar-refractivity contribution in [1.82, 2.24) is 0 Å². The van der Waals surface area contributed by atoms with Crippen molar-refractivity contribution in [3.63, 3.8) is 0 Å². The molecule has 13 heteroatoms. The molecule has 2 heterocycles. The molecule has 35 heavy (non-hydrogen) atoms. The van der Waals surface area contributed by atoms with Crippen molar-refractivity contribution >= 4 is 39.4 Å². The lowest BCUT2D eigenvalue weighted by Gasteiger charge is -2.11. The highest BCUT2D eigenvalue weighted by atomic mass is 32.2. The van der Waals surface area contributed by atoms with Gasteiger partial charge in [-0.05, 0) is 54.6 Å². The zero-order chi connectivity index (χ0) is 25.5. The topological polar surface area (TPSA) is 143 Å². The molecule has 9 nitrogen and oxygen atoms in total. The van der Waals surface area contributed by atoms with Crippen molar-refractivity contribution in [3.05, 3.63) is 77.6 Å². The minimum Gasteiger partial charge on any atom is -0.478 e. The summed E-state index contributed by atoms with van der Waals surface area (Å²) in [6, 6.07) is 12.7. The molecule has 2 aromatic carbocycles. The van der Waals surface area contributed by atoms with Crippen molar-refractivity contribution in [2.75, 3.05) is 5.01 Å². The van der Waals surface area contributed by atoms with Gasteiger partial charge in [-0.1, -0.05) is 12.1 Å². The molecule has 3 aromatic rings. The summed E-state index contributed by atoms with van der Waals surface area (Å²) >= 11 is 0. The number of sulfonamides is 1. The normalized spacial score (nSPS) is 15.5. The van der Waals surface area contributed by atoms with Gasteiger partial charge in [0.1, 0.15) is 11.5 Å². The van der Waals surface area contributed by atoms with Crippen molar-refractivity contribution < 1.29 is 40.7 Å². The lowest BCUT2D eigenvalue weighted by atomic mass is 10.1. The van der Waals surface area contributed by atoms with E-state index in [1.807, 2.05) is 0 Å². The number of aromatic carboxylic acids is 1. The highest BCUT2D eigenvalue weighted by Crippen LogP contribution is 2.33. The number of amides is 1. The second-order valence-electron chi connectivity index (χ2n) is 7.24. The number of furan rings is 1. The fourth-order valence-electron chi connectivity index (χ4n) is 3.21. The van der Waals surface area contributed by atoms with Crippen LogP contribution in [-0.4, -0.2) is 37.3 Å². The van der Waals surface area contributed by atoms with Crippen LogP contribution in [0.5, 0.6) is 0 Å². The SMILES string of the molecule is NS(=O)(=O)c1ccc(N2N=C(C(F)(F)F)C(=Cc3ccc(-c4ccc(C(=O)O)cc4)o3)C2=O)cc1. The maximum absolute atomic E-state index is 13.6. The van der Waals surface area contributed by atoms with Crippen LogP contribution in [0, 0.1) is 0 Å². The third-order valence-corrected chi connectivity index (χ3v) is 5.82. The number of benzene rings is 2. The summed E-state index contributed by atoms with van der Waals surface area (Å²) in [6.07, 6.45) is -4.08. The van der Waals surface area contributed by atoms with Gasteiger partial charge in [0.25, 0.3) is 5.91 Å². The Morgan fingerprint density at radius 3 is 2.20 bits per heavy atom. The molecule has 1 aliphatic rings. The number of carbonyl (C=O) groups is 2. The van der Waals surface area contributed by atoms with Gasteiger partial charge < -0.3 is 9.52 Å². The van der Waals surface area contributed by atoms with Crippen LogP contribution in [0.15, 0.2) is 80.7 Å². The number of rotatable bonds is 5. The Morgan fingerprint density at radius 1 is 1.03 bits per heavy atom. The fourth-order valence-corrected chi connectivity index (χ4v) is 3.73. The molecule has 0 spiro atoms. The molecule has 180 valence electrons. The summed E-state index contributed by atoms with van der Waals surface area (Å²) in [5.41, 5.74) is -1.83. The van der Waals surface area contributed by atoms with Gasteiger partial charge in [-0.15, -0.1) is 0 Å². The average molecular weight is 505 g/mol. The average Bonchev–Trinajstić information content (AvgIpc) is 3.38. The number of hydrogen-bond donors (Lipinski definition) is 2. The van der Waals surface area contributed by atoms with Gasteiger partial charge in [0.15, 0.2) is 5.71 Å². The maximum atomic E-state index is 13.6. The summed E-state index contributed by atoms with van der Waals surface area (Å²) in [7, 11) is -4.04. The molecule has 0 unspecified atom stereocenters. The monoisotopic (exact) mass is 505 g/mol. The molecule has 1 amide bonds. The number of primary sulfonamides is 1. The number of nitrogens with two attached hydrogens (primary N) is 1. The Kier molecular flexibility index (Phi) is 5.82. The first-order valence-corrected chi connectivity index (χ1v) is 11.2. The standard InChI is InChI=1S/C22H14F3N3O6S/c23-22(24,25)19-17(20(29)28(27-19)14-5-8-16(9-6-14)35(26,32)33)11-15-7-10-18(34-15)12-1-3-13(4-2-12)21(30)31/h1-11H,(H,30,31)(H2,26,32,33). The van der Waals surface area contributed by atoms with Crippen molar-refractivity contribution in [2.24, 2.45) is 10.2 Å². The third-order valence-electron chi connectivity index (χ3n) is 4.89. The summed E-state index contributed by atoms with van der Waals surface area (Å²) < 4.78 is 69.3. The highest BCUT2D eigenvalue weighted by Gasteiger charge is 2.47. The van der Waals surface area contributed by atoms with Crippen LogP contribution in [0.1, 0.15) is 16.1 Å². The Labute approximate surface area is 195 Å². The van der Waals surface area contributed by atoms with Crippen LogP contribution in [0.4, 0.5) is 18.9 Å². The molecule has 0 bridgehead atoms. The van der Waals surface area contributed by atoms with Crippen LogP contribution in [0.2, 0.25) is 0 Å². The molecule has 1 aliphatic heterocycles. The van der Waals surface area contributed by atoms with E-state index in [1.165, 1.54) is 36.4 Å². The van der Waals surface area contributed by atoms with Crippen molar-refractivity contribution in [2.45, 2.75) is 11.1 Å². The second kappa shape index (κ2) is 8.52. The molecule has 0 fully saturated rings. The molecule has 4 rings (SSSR count). The van der Waals surface area contributed by atoms with Crippen LogP contribution >= 0.6 is 0 Å². The lowest BCUT2D eigenvalue weighted by Crippen LogP contribution is -2.25. The van der Waals surface area contributed by atoms with Gasteiger partial charge in [-0.3, -0.25) is 4.79 Å². The first-order chi connectivity index (χ1) is 16.3. The smallest absolute Gasteiger partial charge is 0.435 e. The quantitative estimate of drug-likeness (QED) is 0.507. The largest absolute Gasteiger partial charge is 0.478 e. The first-order valence-electron chi connectivity index (χ1n) is 9.63. The van der Waals surface area contributed by atoms with Crippen LogP contribution in [0.25, 0.3) is 17.4 Å². The molecular weight excluding hydrogens is 491 g/mol. The van der Waals surface area contributed by atoms with Crippen molar-refractivity contribution in [1.29, 1.82) is 0 Å². The van der Waals surface area contributed by atoms with Crippen LogP contribution in [-0.2, 0) is 14.8 Å². The number of carboxylic acid groups (broad SMARTS) is 1. The molecule has 3 N–H and O–H groups in total. The van der Waals surface area contributed by atoms with Gasteiger partial charge in [-0.25, -0.2) is 18.4 Å². The molecule has 1 aromatic heterocycles. The summed E-state index contributed by atoms with van der Waals surface area (Å²) in [5, 5.41) is 17.9. The van der Waals surface area contributed by atoms with E-state index in [9.17, 15) is 31.2 Å². The third kappa shape index (κ3) is 4.85. The number of carboxylic acids is 1. The maximum Gasteiger partial charge on any atom is 0.435 e. The van der Waals surface area contributed by atoms with E-state index < -0.39 is 39.4 Å². The minimum absolute atomic E-state index is 0.0439. The number of anilines is 1. The number of hydrogen-bond acceptors (Lipinski definition) is 6. The Morgan fingerprint density at radius 2 is 1.66 bits per heavy atom. The summed E-state index contributed by atoms with van der Waals surface area (Å²) in [4.78, 5) is 23.5. The number of nitrogens with zero attached hydrogens (tertiary/aromatic N) is 2. The Bertz CT molecular complexity index is 1490. The van der Waals surface area contributed by atoms with E-state index in [4.69, 9.17) is 14.7 Å². The number of halogens is 3. The molecule has 0 atom stereocenters. The lowest BCUT2D eigenvalue weighted by molar-refractivity contribution is -0.114. The first kappa shape index (κ1) is 23.9. The second-order valence-corrected chi connectivity index (χ2v) is 8.81. The van der Waals surface area contributed by atoms with Crippen LogP contribution < -0.4 is 10.1 Å². The predicted molar refractivity (Wildman–Crippen MR) is 118 cm³/mol. The number of hydrazone groups is 1. The van der Waals surface area contributed by atoms with Gasteiger partial charge in [-0.2, -0.15) is 23.3 Å². The van der Waals surface area contributed by atoms with Gasteiger partial charge in [0.05, 0.1) is 21.7 Å². The van der Waals surface area contributed by atoms with Gasteiger partial charge in [0.2, 0.25) is 10.0 Å². The van der Waals surface area contributed by atoms with E-state index in [0.29, 0.717) is 10.6 Å².